The van der Waals surface area contributed by atoms with Crippen molar-refractivity contribution in [3.05, 3.63) is 11.3 Å². The minimum Gasteiger partial charge on any atom is -0.478 e. The van der Waals surface area contributed by atoms with Gasteiger partial charge in [-0.1, -0.05) is 13.8 Å². The summed E-state index contributed by atoms with van der Waals surface area (Å²) in [7, 11) is 2.06. The first-order chi connectivity index (χ1) is 10.5. The van der Waals surface area contributed by atoms with Crippen LogP contribution in [0.25, 0.3) is 0 Å². The Bertz CT molecular complexity index is 469. The van der Waals surface area contributed by atoms with E-state index >= 15 is 0 Å². The number of piperidine rings is 1. The van der Waals surface area contributed by atoms with Crippen LogP contribution in [0.1, 0.15) is 44.9 Å². The van der Waals surface area contributed by atoms with Gasteiger partial charge in [-0.15, -0.1) is 0 Å². The second kappa shape index (κ2) is 7.97. The fourth-order valence-corrected chi connectivity index (χ4v) is 3.21. The van der Waals surface area contributed by atoms with Gasteiger partial charge in [0.25, 0.3) is 0 Å². The summed E-state index contributed by atoms with van der Waals surface area (Å²) < 4.78 is 8.00. The molecule has 1 atom stereocenters. The molecule has 1 aromatic rings. The van der Waals surface area contributed by atoms with Crippen LogP contribution in [0, 0.1) is 12.8 Å². The van der Waals surface area contributed by atoms with Crippen LogP contribution in [0.3, 0.4) is 0 Å². The Balaban J connectivity index is 2.16. The molecule has 1 N–H and O–H groups in total. The molecule has 1 aliphatic heterocycles. The third-order valence-corrected chi connectivity index (χ3v) is 4.31. The Hall–Kier alpha value is -1.07. The number of likely N-dealkylation sites (tertiary alicyclic amines) is 1. The highest BCUT2D eigenvalue weighted by Gasteiger charge is 2.23. The van der Waals surface area contributed by atoms with Crippen molar-refractivity contribution in [3.8, 4) is 5.88 Å². The number of rotatable bonds is 7. The minimum absolute atomic E-state index is 0.565. The van der Waals surface area contributed by atoms with Crippen molar-refractivity contribution in [2.75, 3.05) is 26.7 Å². The van der Waals surface area contributed by atoms with Crippen LogP contribution in [-0.4, -0.2) is 47.5 Å². The fraction of sp³-hybridized carbons (Fsp3) is 0.824. The normalized spacial score (nSPS) is 19.8. The first kappa shape index (κ1) is 17.3. The van der Waals surface area contributed by atoms with Gasteiger partial charge in [-0.05, 0) is 46.2 Å². The van der Waals surface area contributed by atoms with Crippen LogP contribution < -0.4 is 10.1 Å². The maximum Gasteiger partial charge on any atom is 0.216 e. The summed E-state index contributed by atoms with van der Waals surface area (Å²) in [6, 6.07) is 0.607. The van der Waals surface area contributed by atoms with E-state index in [4.69, 9.17) is 9.84 Å². The number of likely N-dealkylation sites (N-methyl/N-ethyl adjacent to an activating group) is 1. The van der Waals surface area contributed by atoms with E-state index in [0.29, 0.717) is 18.6 Å². The van der Waals surface area contributed by atoms with E-state index in [2.05, 4.69) is 42.7 Å². The molecule has 2 heterocycles. The van der Waals surface area contributed by atoms with Gasteiger partial charge in [0.05, 0.1) is 17.9 Å². The Morgan fingerprint density at radius 3 is 2.82 bits per heavy atom. The molecule has 1 aromatic heterocycles. The van der Waals surface area contributed by atoms with Crippen LogP contribution in [0.2, 0.25) is 0 Å². The second-order valence-corrected chi connectivity index (χ2v) is 6.74. The van der Waals surface area contributed by atoms with Gasteiger partial charge in [0.2, 0.25) is 5.88 Å². The zero-order valence-corrected chi connectivity index (χ0v) is 14.9. The summed E-state index contributed by atoms with van der Waals surface area (Å²) in [4.78, 5) is 2.52. The number of aryl methyl sites for hydroxylation is 1. The zero-order chi connectivity index (χ0) is 16.1. The highest BCUT2D eigenvalue weighted by Crippen LogP contribution is 2.26. The standard InChI is InChI=1S/C17H32N4O/c1-6-22-17-16(14(4)19-21(17)10-13(2)3)12-20-9-7-8-15(11-20)18-5/h13,15,18H,6-12H2,1-5H3. The Morgan fingerprint density at radius 1 is 1.41 bits per heavy atom. The van der Waals surface area contributed by atoms with E-state index in [1.54, 1.807) is 0 Å². The van der Waals surface area contributed by atoms with E-state index in [1.807, 2.05) is 6.92 Å². The lowest BCUT2D eigenvalue weighted by Crippen LogP contribution is -2.43. The van der Waals surface area contributed by atoms with Gasteiger partial charge in [-0.2, -0.15) is 5.10 Å². The molecule has 126 valence electrons. The van der Waals surface area contributed by atoms with Gasteiger partial charge in [-0.3, -0.25) is 4.90 Å². The van der Waals surface area contributed by atoms with Crippen molar-refractivity contribution in [3.63, 3.8) is 0 Å². The van der Waals surface area contributed by atoms with Crippen LogP contribution in [0.15, 0.2) is 0 Å². The van der Waals surface area contributed by atoms with Gasteiger partial charge in [0, 0.05) is 25.7 Å². The molecule has 2 rings (SSSR count). The van der Waals surface area contributed by atoms with Crippen molar-refractivity contribution >= 4 is 0 Å². The maximum absolute atomic E-state index is 5.94. The van der Waals surface area contributed by atoms with Gasteiger partial charge in [0.15, 0.2) is 0 Å². The summed E-state index contributed by atoms with van der Waals surface area (Å²) in [5.41, 5.74) is 2.37. The molecule has 5 heteroatoms. The molecule has 0 saturated carbocycles. The molecule has 1 fully saturated rings. The number of ether oxygens (including phenoxy) is 1. The summed E-state index contributed by atoms with van der Waals surface area (Å²) in [5, 5.41) is 8.14. The molecule has 1 aliphatic rings. The third kappa shape index (κ3) is 4.23. The van der Waals surface area contributed by atoms with E-state index in [0.717, 1.165) is 31.2 Å². The molecule has 5 nitrogen and oxygen atoms in total. The van der Waals surface area contributed by atoms with Crippen molar-refractivity contribution < 1.29 is 4.74 Å². The molecule has 0 aliphatic carbocycles. The molecular formula is C17H32N4O. The van der Waals surface area contributed by atoms with Crippen molar-refractivity contribution in [1.29, 1.82) is 0 Å². The molecule has 22 heavy (non-hydrogen) atoms. The summed E-state index contributed by atoms with van der Waals surface area (Å²) in [6.45, 7) is 13.4. The summed E-state index contributed by atoms with van der Waals surface area (Å²) >= 11 is 0. The van der Waals surface area contributed by atoms with Gasteiger partial charge in [0.1, 0.15) is 0 Å². The van der Waals surface area contributed by atoms with Crippen LogP contribution in [0.5, 0.6) is 5.88 Å². The highest BCUT2D eigenvalue weighted by atomic mass is 16.5. The molecule has 0 radical (unpaired) electrons. The van der Waals surface area contributed by atoms with Gasteiger partial charge >= 0.3 is 0 Å². The molecule has 0 aromatic carbocycles. The predicted octanol–water partition coefficient (Wildman–Crippen LogP) is 2.43. The number of hydrogen-bond donors (Lipinski definition) is 1. The van der Waals surface area contributed by atoms with Crippen molar-refractivity contribution in [1.82, 2.24) is 20.0 Å². The lowest BCUT2D eigenvalue weighted by Gasteiger charge is -2.32. The summed E-state index contributed by atoms with van der Waals surface area (Å²) in [5.74, 6) is 1.54. The lowest BCUT2D eigenvalue weighted by atomic mass is 10.1. The molecule has 1 saturated heterocycles. The molecular weight excluding hydrogens is 276 g/mol. The first-order valence-corrected chi connectivity index (χ1v) is 8.63. The van der Waals surface area contributed by atoms with Crippen LogP contribution >= 0.6 is 0 Å². The van der Waals surface area contributed by atoms with E-state index in [-0.39, 0.29) is 0 Å². The van der Waals surface area contributed by atoms with Gasteiger partial charge in [-0.25, -0.2) is 4.68 Å². The summed E-state index contributed by atoms with van der Waals surface area (Å²) in [6.07, 6.45) is 2.53. The van der Waals surface area contributed by atoms with E-state index in [1.165, 1.54) is 24.9 Å². The highest BCUT2D eigenvalue weighted by molar-refractivity contribution is 5.31. The smallest absolute Gasteiger partial charge is 0.216 e. The quantitative estimate of drug-likeness (QED) is 0.840. The Labute approximate surface area is 135 Å². The topological polar surface area (TPSA) is 42.3 Å². The Kier molecular flexibility index (Phi) is 6.26. The average molecular weight is 308 g/mol. The minimum atomic E-state index is 0.565. The molecule has 0 amide bonds. The number of aromatic nitrogens is 2. The van der Waals surface area contributed by atoms with Crippen molar-refractivity contribution in [2.45, 2.75) is 59.7 Å². The molecule has 0 spiro atoms. The molecule has 1 unspecified atom stereocenters. The van der Waals surface area contributed by atoms with Crippen LogP contribution in [0.4, 0.5) is 0 Å². The van der Waals surface area contributed by atoms with Crippen molar-refractivity contribution in [2.24, 2.45) is 5.92 Å². The predicted molar refractivity (Wildman–Crippen MR) is 90.3 cm³/mol. The monoisotopic (exact) mass is 308 g/mol. The number of nitrogens with zero attached hydrogens (tertiary/aromatic N) is 3. The second-order valence-electron chi connectivity index (χ2n) is 6.74. The Morgan fingerprint density at radius 2 is 2.18 bits per heavy atom. The number of nitrogens with one attached hydrogen (secondary N) is 1. The lowest BCUT2D eigenvalue weighted by molar-refractivity contribution is 0.184. The van der Waals surface area contributed by atoms with E-state index < -0.39 is 0 Å². The maximum atomic E-state index is 5.94. The average Bonchev–Trinajstić information content (AvgIpc) is 2.75. The molecule has 0 bridgehead atoms. The van der Waals surface area contributed by atoms with E-state index in [9.17, 15) is 0 Å². The van der Waals surface area contributed by atoms with Gasteiger partial charge < -0.3 is 10.1 Å². The third-order valence-electron chi connectivity index (χ3n) is 4.31. The number of hydrogen-bond acceptors (Lipinski definition) is 4. The van der Waals surface area contributed by atoms with Crippen LogP contribution in [-0.2, 0) is 13.1 Å². The fourth-order valence-electron chi connectivity index (χ4n) is 3.21. The SMILES string of the molecule is CCOc1c(CN2CCCC(NC)C2)c(C)nn1CC(C)C. The zero-order valence-electron chi connectivity index (χ0n) is 14.9. The first-order valence-electron chi connectivity index (χ1n) is 8.63. The largest absolute Gasteiger partial charge is 0.478 e.